The molecule has 9 heteroatoms. The molecule has 182 valence electrons. The number of anilines is 1. The highest BCUT2D eigenvalue weighted by Gasteiger charge is 2.16. The number of nitrogens with zero attached hydrogens (tertiary/aromatic N) is 2. The van der Waals surface area contributed by atoms with Crippen LogP contribution >= 0.6 is 11.8 Å². The lowest BCUT2D eigenvalue weighted by atomic mass is 10.2. The number of aromatic nitrogens is 2. The molecule has 0 fully saturated rings. The minimum absolute atomic E-state index is 0.0154. The van der Waals surface area contributed by atoms with Crippen LogP contribution in [0.25, 0.3) is 5.69 Å². The molecule has 0 saturated carbocycles. The summed E-state index contributed by atoms with van der Waals surface area (Å²) in [5.74, 6) is 1.68. The van der Waals surface area contributed by atoms with E-state index >= 15 is 0 Å². The molecule has 4 aromatic rings. The fourth-order valence-electron chi connectivity index (χ4n) is 3.53. The van der Waals surface area contributed by atoms with E-state index in [1.165, 1.54) is 30.0 Å². The summed E-state index contributed by atoms with van der Waals surface area (Å²) >= 11 is 1.25. The van der Waals surface area contributed by atoms with E-state index in [2.05, 4.69) is 10.3 Å². The number of nitrogens with one attached hydrogen (secondary N) is 1. The van der Waals surface area contributed by atoms with Crippen LogP contribution in [-0.2, 0) is 12.3 Å². The Bertz CT molecular complexity index is 1280. The third-order valence-electron chi connectivity index (χ3n) is 5.39. The normalized spacial score (nSPS) is 10.8. The first-order valence-electron chi connectivity index (χ1n) is 10.8. The summed E-state index contributed by atoms with van der Waals surface area (Å²) in [6.45, 7) is 0.494. The largest absolute Gasteiger partial charge is 0.497 e. The molecular weight excluding hydrogens is 472 g/mol. The minimum atomic E-state index is -0.577. The van der Waals surface area contributed by atoms with E-state index in [9.17, 15) is 8.78 Å². The number of methoxy groups -OCH3 is 3. The second kappa shape index (κ2) is 11.1. The van der Waals surface area contributed by atoms with Crippen molar-refractivity contribution in [2.45, 2.75) is 17.5 Å². The summed E-state index contributed by atoms with van der Waals surface area (Å²) in [7, 11) is 4.79. The first-order chi connectivity index (χ1) is 17.0. The van der Waals surface area contributed by atoms with Gasteiger partial charge < -0.3 is 19.5 Å². The van der Waals surface area contributed by atoms with Gasteiger partial charge in [0.15, 0.2) is 16.7 Å². The van der Waals surface area contributed by atoms with Gasteiger partial charge in [-0.1, -0.05) is 23.9 Å². The highest BCUT2D eigenvalue weighted by atomic mass is 32.2. The van der Waals surface area contributed by atoms with Crippen LogP contribution in [0.1, 0.15) is 11.1 Å². The molecule has 0 aliphatic carbocycles. The van der Waals surface area contributed by atoms with Crippen molar-refractivity contribution in [1.29, 1.82) is 0 Å². The molecule has 0 unspecified atom stereocenters. The molecule has 6 nitrogen and oxygen atoms in total. The van der Waals surface area contributed by atoms with Gasteiger partial charge in [-0.2, -0.15) is 0 Å². The summed E-state index contributed by atoms with van der Waals surface area (Å²) in [5, 5.41) is 3.99. The standard InChI is InChI=1S/C26H25F2N3O3S/c1-32-19-10-8-18(9-11-19)31-25(29-14-17-7-12-23(33-2)24(13-17)34-3)15-30-26(31)35-16-20-21(27)5-4-6-22(20)28/h4-13,15,29H,14,16H2,1-3H3. The van der Waals surface area contributed by atoms with Gasteiger partial charge in [-0.25, -0.2) is 13.8 Å². The molecule has 0 aliphatic rings. The topological polar surface area (TPSA) is 57.5 Å². The van der Waals surface area contributed by atoms with Crippen molar-refractivity contribution in [2.75, 3.05) is 26.6 Å². The number of thioether (sulfide) groups is 1. The van der Waals surface area contributed by atoms with Crippen molar-refractivity contribution >= 4 is 17.6 Å². The fourth-order valence-corrected chi connectivity index (χ4v) is 4.54. The summed E-state index contributed by atoms with van der Waals surface area (Å²) in [5.41, 5.74) is 1.82. The smallest absolute Gasteiger partial charge is 0.174 e. The van der Waals surface area contributed by atoms with E-state index in [1.807, 2.05) is 47.0 Å². The molecule has 0 radical (unpaired) electrons. The highest BCUT2D eigenvalue weighted by Crippen LogP contribution is 2.32. The maximum Gasteiger partial charge on any atom is 0.174 e. The van der Waals surface area contributed by atoms with Gasteiger partial charge in [-0.05, 0) is 54.1 Å². The lowest BCUT2D eigenvalue weighted by molar-refractivity contribution is 0.354. The number of benzene rings is 3. The van der Waals surface area contributed by atoms with Crippen LogP contribution in [0.5, 0.6) is 17.2 Å². The number of imidazole rings is 1. The number of hydrogen-bond donors (Lipinski definition) is 1. The Morgan fingerprint density at radius 1 is 0.886 bits per heavy atom. The van der Waals surface area contributed by atoms with E-state index in [1.54, 1.807) is 27.5 Å². The third-order valence-corrected chi connectivity index (χ3v) is 6.37. The van der Waals surface area contributed by atoms with Crippen LogP contribution in [0.4, 0.5) is 14.6 Å². The van der Waals surface area contributed by atoms with Crippen molar-refractivity contribution in [3.63, 3.8) is 0 Å². The molecule has 0 amide bonds. The Hall–Kier alpha value is -3.72. The predicted octanol–water partition coefficient (Wildman–Crippen LogP) is 6.08. The van der Waals surface area contributed by atoms with Crippen LogP contribution in [0.2, 0.25) is 0 Å². The van der Waals surface area contributed by atoms with E-state index in [4.69, 9.17) is 14.2 Å². The SMILES string of the molecule is COc1ccc(-n2c(NCc3ccc(OC)c(OC)c3)cnc2SCc2c(F)cccc2F)cc1. The Morgan fingerprint density at radius 3 is 2.26 bits per heavy atom. The molecular formula is C26H25F2N3O3S. The van der Waals surface area contributed by atoms with Crippen LogP contribution < -0.4 is 19.5 Å². The average molecular weight is 498 g/mol. The molecule has 1 N–H and O–H groups in total. The van der Waals surface area contributed by atoms with Gasteiger partial charge in [-0.3, -0.25) is 4.57 Å². The van der Waals surface area contributed by atoms with Crippen molar-refractivity contribution in [3.05, 3.63) is 89.6 Å². The van der Waals surface area contributed by atoms with Gasteiger partial charge in [0.1, 0.15) is 23.2 Å². The second-order valence-electron chi connectivity index (χ2n) is 7.49. The molecule has 35 heavy (non-hydrogen) atoms. The van der Waals surface area contributed by atoms with Crippen LogP contribution in [0.3, 0.4) is 0 Å². The van der Waals surface area contributed by atoms with E-state index in [0.717, 1.165) is 22.8 Å². The number of hydrogen-bond acceptors (Lipinski definition) is 6. The molecule has 0 spiro atoms. The Labute approximate surface area is 206 Å². The Morgan fingerprint density at radius 2 is 1.60 bits per heavy atom. The van der Waals surface area contributed by atoms with Gasteiger partial charge in [0, 0.05) is 23.5 Å². The van der Waals surface area contributed by atoms with Gasteiger partial charge in [-0.15, -0.1) is 0 Å². The second-order valence-corrected chi connectivity index (χ2v) is 8.43. The zero-order valence-corrected chi connectivity index (χ0v) is 20.4. The van der Waals surface area contributed by atoms with Crippen molar-refractivity contribution in [3.8, 4) is 22.9 Å². The molecule has 1 heterocycles. The van der Waals surface area contributed by atoms with Crippen LogP contribution in [0, 0.1) is 11.6 Å². The first kappa shape index (κ1) is 24.4. The molecule has 4 rings (SSSR count). The fraction of sp³-hybridized carbons (Fsp3) is 0.192. The number of rotatable bonds is 10. The monoisotopic (exact) mass is 497 g/mol. The lowest BCUT2D eigenvalue weighted by Crippen LogP contribution is -2.07. The van der Waals surface area contributed by atoms with Crippen LogP contribution in [0.15, 0.2) is 72.0 Å². The Balaban J connectivity index is 1.62. The summed E-state index contributed by atoms with van der Waals surface area (Å²) in [6.07, 6.45) is 1.70. The first-order valence-corrected chi connectivity index (χ1v) is 11.7. The third kappa shape index (κ3) is 5.51. The molecule has 3 aromatic carbocycles. The lowest BCUT2D eigenvalue weighted by Gasteiger charge is -2.15. The average Bonchev–Trinajstić information content (AvgIpc) is 3.29. The molecule has 1 aromatic heterocycles. The minimum Gasteiger partial charge on any atom is -0.497 e. The quantitative estimate of drug-likeness (QED) is 0.268. The molecule has 0 bridgehead atoms. The van der Waals surface area contributed by atoms with E-state index < -0.39 is 11.6 Å². The van der Waals surface area contributed by atoms with Crippen LogP contribution in [-0.4, -0.2) is 30.9 Å². The van der Waals surface area contributed by atoms with Crippen molar-refractivity contribution < 1.29 is 23.0 Å². The van der Waals surface area contributed by atoms with E-state index in [0.29, 0.717) is 23.2 Å². The number of halogens is 2. The van der Waals surface area contributed by atoms with Crippen molar-refractivity contribution in [1.82, 2.24) is 9.55 Å². The molecule has 0 atom stereocenters. The summed E-state index contributed by atoms with van der Waals surface area (Å²) < 4.78 is 46.2. The van der Waals surface area contributed by atoms with Gasteiger partial charge in [0.25, 0.3) is 0 Å². The van der Waals surface area contributed by atoms with E-state index in [-0.39, 0.29) is 11.3 Å². The maximum atomic E-state index is 14.2. The molecule has 0 saturated heterocycles. The zero-order chi connectivity index (χ0) is 24.8. The number of ether oxygens (including phenoxy) is 3. The predicted molar refractivity (Wildman–Crippen MR) is 133 cm³/mol. The zero-order valence-electron chi connectivity index (χ0n) is 19.5. The summed E-state index contributed by atoms with van der Waals surface area (Å²) in [6, 6.07) is 17.0. The Kier molecular flexibility index (Phi) is 7.77. The van der Waals surface area contributed by atoms with Gasteiger partial charge in [0.2, 0.25) is 0 Å². The van der Waals surface area contributed by atoms with Gasteiger partial charge in [0.05, 0.1) is 27.5 Å². The maximum absolute atomic E-state index is 14.2. The van der Waals surface area contributed by atoms with Crippen molar-refractivity contribution in [2.24, 2.45) is 0 Å². The highest BCUT2D eigenvalue weighted by molar-refractivity contribution is 7.98. The van der Waals surface area contributed by atoms with Gasteiger partial charge >= 0.3 is 0 Å². The molecule has 0 aliphatic heterocycles. The summed E-state index contributed by atoms with van der Waals surface area (Å²) in [4.78, 5) is 4.53.